The molecule has 0 spiro atoms. The van der Waals surface area contributed by atoms with Gasteiger partial charge in [-0.1, -0.05) is 137 Å². The van der Waals surface area contributed by atoms with Gasteiger partial charge in [0.15, 0.2) is 23.4 Å². The lowest BCUT2D eigenvalue weighted by Crippen LogP contribution is -2.82. The van der Waals surface area contributed by atoms with E-state index in [2.05, 4.69) is 53.2 Å². The number of rotatable bonds is 47. The summed E-state index contributed by atoms with van der Waals surface area (Å²) in [7, 11) is 0. The fraction of sp³-hybridized carbons (Fsp3) is 0.442. The number of esters is 4. The number of aromatic hydroxyl groups is 2. The predicted octanol–water partition coefficient (Wildman–Crippen LogP) is 2.10. The zero-order valence-electron chi connectivity index (χ0n) is 82.7. The highest BCUT2D eigenvalue weighted by molar-refractivity contribution is 6.13. The number of ether oxygens (including phenoxy) is 7. The fourth-order valence-electron chi connectivity index (χ4n) is 19.0. The summed E-state index contributed by atoms with van der Waals surface area (Å²) in [6.07, 6.45) is -11.2. The predicted molar refractivity (Wildman–Crippen MR) is 523 cm³/mol. The Kier molecular flexibility index (Phi) is 38.6. The molecule has 3 fully saturated rings. The van der Waals surface area contributed by atoms with Gasteiger partial charge in [-0.3, -0.25) is 77.4 Å². The number of nitrogens with zero attached hydrogens (tertiary/aromatic N) is 1. The van der Waals surface area contributed by atoms with Crippen molar-refractivity contribution in [3.05, 3.63) is 220 Å². The number of anilines is 1. The molecule has 148 heavy (non-hydrogen) atoms. The summed E-state index contributed by atoms with van der Waals surface area (Å²) in [5.74, 6) is -18.2. The number of nitrogens with one attached hydrogen (secondary N) is 11. The van der Waals surface area contributed by atoms with Crippen molar-refractivity contribution in [3.63, 3.8) is 0 Å². The number of guanidine groups is 1. The number of amides is 11. The van der Waals surface area contributed by atoms with Crippen LogP contribution in [0, 0.1) is 28.1 Å². The quantitative estimate of drug-likeness (QED) is 0.00495. The Bertz CT molecular complexity index is 5900. The van der Waals surface area contributed by atoms with Crippen molar-refractivity contribution in [2.45, 2.75) is 229 Å². The second-order valence-corrected chi connectivity index (χ2v) is 38.0. The summed E-state index contributed by atoms with van der Waals surface area (Å²) >= 11 is 0. The van der Waals surface area contributed by atoms with Crippen molar-refractivity contribution in [2.75, 3.05) is 44.8 Å². The van der Waals surface area contributed by atoms with Crippen molar-refractivity contribution < 1.29 is 150 Å². The van der Waals surface area contributed by atoms with Crippen LogP contribution in [0.1, 0.15) is 162 Å². The van der Waals surface area contributed by atoms with E-state index in [0.29, 0.717) is 18.4 Å². The van der Waals surface area contributed by atoms with Gasteiger partial charge in [0.1, 0.15) is 90.4 Å². The molecule has 2 bridgehead atoms. The lowest BCUT2D eigenvalue weighted by atomic mass is 9.44. The molecule has 2 saturated carbocycles. The molecule has 5 aliphatic rings. The molecule has 11 amide bonds. The number of benzene rings is 6. The second kappa shape index (κ2) is 50.6. The zero-order valence-corrected chi connectivity index (χ0v) is 82.7. The number of aliphatic hydroxyl groups is 5. The molecule has 20 N–H and O–H groups in total. The van der Waals surface area contributed by atoms with Crippen LogP contribution in [0.3, 0.4) is 0 Å². The molecular formula is C104H125N13O31. The molecule has 0 unspecified atom stereocenters. The number of nitrogens with two attached hydrogens (primary N) is 1. The van der Waals surface area contributed by atoms with Gasteiger partial charge in [0, 0.05) is 87.9 Å². The molecular weight excluding hydrogens is 1930 g/mol. The van der Waals surface area contributed by atoms with Gasteiger partial charge in [0.25, 0.3) is 17.7 Å². The van der Waals surface area contributed by atoms with Crippen LogP contribution in [0.15, 0.2) is 187 Å². The molecule has 2 aliphatic heterocycles. The SMILES string of the molecule is CC(=O)O[C@H]1C(=O)[C@@]2(C)[C@H]([C@H](OC(=O)c3ccccc3)[C@]3(O)C[C@H](OC(=O)[C@H](OC(=O)OCc4ccc(NC(=O)[C@H](CC(C)C)NC(=O)[C@H](CO)NC(=O)[C@H](Cc5ccc(O)cc5)NC(=O)[C@H](Cc5ccc(O)cc5)NC(=O)[C@H](CO)NC(=O)[C@H](CO)NC(=O)[C@H](CCCNC(=N)N)NC(=O)CCCCCN5C(=O)C=CC5=O)cc4)[C@@H](NC(=O)c4ccccc4)c4ccccc4)C(C)=C1C3(C)C)[C@]1(OC(C)=O)CO[C@@H]1C[C@@H]2O. The van der Waals surface area contributed by atoms with Gasteiger partial charge in [-0.05, 0) is 146 Å². The summed E-state index contributed by atoms with van der Waals surface area (Å²) in [5, 5.41) is 112. The number of hydrogen-bond acceptors (Lipinski definition) is 32. The van der Waals surface area contributed by atoms with Gasteiger partial charge in [0.05, 0.1) is 49.4 Å². The van der Waals surface area contributed by atoms with E-state index in [0.717, 1.165) is 30.9 Å². The number of carbonyl (C=O) groups excluding carboxylic acids is 17. The van der Waals surface area contributed by atoms with E-state index < -0.39 is 266 Å². The second-order valence-electron chi connectivity index (χ2n) is 38.0. The van der Waals surface area contributed by atoms with Gasteiger partial charge >= 0.3 is 30.0 Å². The van der Waals surface area contributed by atoms with E-state index in [-0.39, 0.29) is 120 Å². The Labute approximate surface area is 851 Å². The molecule has 0 aromatic heterocycles. The third-order valence-electron chi connectivity index (χ3n) is 26.9. The summed E-state index contributed by atoms with van der Waals surface area (Å²) in [4.78, 5) is 242. The first kappa shape index (κ1) is 113. The number of fused-ring (bicyclic) bond motifs is 5. The molecule has 792 valence electrons. The number of Topliss-reactive ketones (excluding diaryl/α,β-unsaturated/α-hetero) is 1. The molecule has 44 heteroatoms. The minimum Gasteiger partial charge on any atom is -0.508 e. The van der Waals surface area contributed by atoms with Crippen LogP contribution < -0.4 is 58.9 Å². The number of ketones is 1. The fourth-order valence-corrected chi connectivity index (χ4v) is 19.0. The average Bonchev–Trinajstić information content (AvgIpc) is 0.716. The van der Waals surface area contributed by atoms with Gasteiger partial charge in [-0.25, -0.2) is 14.4 Å². The number of aliphatic hydroxyl groups excluding tert-OH is 4. The van der Waals surface area contributed by atoms with Gasteiger partial charge in [0.2, 0.25) is 53.4 Å². The highest BCUT2D eigenvalue weighted by Crippen LogP contribution is 2.65. The van der Waals surface area contributed by atoms with E-state index >= 15 is 9.59 Å². The van der Waals surface area contributed by atoms with Crippen LogP contribution >= 0.6 is 0 Å². The summed E-state index contributed by atoms with van der Waals surface area (Å²) in [6.45, 7) is 7.00. The lowest BCUT2D eigenvalue weighted by molar-refractivity contribution is -0.346. The van der Waals surface area contributed by atoms with E-state index in [1.54, 1.807) is 56.3 Å². The number of hydrogen-bond donors (Lipinski definition) is 19. The largest absolute Gasteiger partial charge is 0.509 e. The van der Waals surface area contributed by atoms with Crippen LogP contribution in [0.25, 0.3) is 0 Å². The van der Waals surface area contributed by atoms with Crippen LogP contribution in [0.2, 0.25) is 0 Å². The summed E-state index contributed by atoms with van der Waals surface area (Å²) in [5.41, 5.74) is -2.35. The topological polar surface area (TPSA) is 670 Å². The van der Waals surface area contributed by atoms with Crippen LogP contribution in [0.5, 0.6) is 11.5 Å². The van der Waals surface area contributed by atoms with Gasteiger partial charge < -0.3 is 128 Å². The number of phenols is 2. The highest BCUT2D eigenvalue weighted by Gasteiger charge is 2.79. The van der Waals surface area contributed by atoms with E-state index in [4.69, 9.17) is 44.3 Å². The number of phenolic OH excluding ortho intramolecular Hbond substituents is 2. The first-order valence-corrected chi connectivity index (χ1v) is 48.2. The summed E-state index contributed by atoms with van der Waals surface area (Å²) in [6, 6.07) is 25.6. The number of imide groups is 1. The highest BCUT2D eigenvalue weighted by atomic mass is 16.7. The molecule has 0 radical (unpaired) electrons. The minimum atomic E-state index is -2.63. The minimum absolute atomic E-state index is 0.00634. The van der Waals surface area contributed by atoms with E-state index in [1.807, 2.05) is 0 Å². The molecule has 3 aliphatic carbocycles. The standard InChI is InChI=1S/C104H125N13O31/c1-56(2)46-70(110-94(135)73(51-118)114-93(134)72(48-61-34-40-68(124)41-35-61)111-92(133)71(47-60-32-38-67(123)39-33-60)112-95(136)74(52-119)115-96(137)75(53-120)113-90(131)69(28-21-44-107-99(105)106)109-79(126)29-19-12-20-45-117-80(127)42-43-81(117)128)91(132)108-66-36-30-62(31-37-66)54-142-100(140)146-85(83(63-22-13-9-14-23-63)116-89(130)64-24-15-10-16-25-64)98(139)145-76-50-104(141)88(147-97(138)65-26-17-11-18-27-65)86-102(8,77(125)49-78-103(86,55-143-78)148-59(5)122)87(129)84(144-58(4)121)82(57(76)3)101(104,6)7/h9-11,13-18,22-27,30-43,56,69-78,83-86,88,118-120,123-125,141H,12,19-21,28-29,44-55H2,1-8H3,(H,108,132)(H,109,126)(H,110,135)(H,111,133)(H,112,136)(H,113,131)(H,114,134)(H,115,137)(H,116,130)(H4,105,106,107)/t69-,70-,71-,72-,73-,74-,75-,76-,77-,78+,83-,84+,85+,86-,88-,102+,103-,104+/m0/s1. The van der Waals surface area contributed by atoms with Gasteiger partial charge in [-0.15, -0.1) is 0 Å². The Morgan fingerprint density at radius 1 is 0.568 bits per heavy atom. The van der Waals surface area contributed by atoms with E-state index in [1.165, 1.54) is 149 Å². The first-order valence-electron chi connectivity index (χ1n) is 48.2. The molecule has 18 atom stereocenters. The van der Waals surface area contributed by atoms with Gasteiger partial charge in [-0.2, -0.15) is 0 Å². The third-order valence-corrected chi connectivity index (χ3v) is 26.9. The number of unbranched alkanes of at least 4 members (excludes halogenated alkanes) is 2. The molecule has 11 rings (SSSR count). The van der Waals surface area contributed by atoms with Crippen molar-refractivity contribution in [2.24, 2.45) is 28.4 Å². The third kappa shape index (κ3) is 27.9. The normalized spacial score (nSPS) is 21.7. The maximum absolute atomic E-state index is 16.1. The zero-order chi connectivity index (χ0) is 108. The molecule has 44 nitrogen and oxygen atoms in total. The van der Waals surface area contributed by atoms with Crippen LogP contribution in [-0.2, 0) is 120 Å². The average molecular weight is 2050 g/mol. The van der Waals surface area contributed by atoms with Crippen molar-refractivity contribution in [1.82, 2.24) is 52.8 Å². The molecule has 6 aromatic rings. The maximum atomic E-state index is 16.1. The van der Waals surface area contributed by atoms with Crippen molar-refractivity contribution in [1.29, 1.82) is 5.41 Å². The number of carbonyl (C=O) groups is 17. The summed E-state index contributed by atoms with van der Waals surface area (Å²) < 4.78 is 42.9. The molecule has 1 saturated heterocycles. The molecule has 2 heterocycles. The monoisotopic (exact) mass is 2050 g/mol. The Morgan fingerprint density at radius 2 is 1.07 bits per heavy atom. The lowest BCUT2D eigenvalue weighted by Gasteiger charge is -2.67. The van der Waals surface area contributed by atoms with Crippen LogP contribution in [-0.4, -0.2) is 277 Å². The van der Waals surface area contributed by atoms with Crippen molar-refractivity contribution in [3.8, 4) is 11.5 Å². The Hall–Kier alpha value is -15.4. The first-order chi connectivity index (χ1) is 70.3. The van der Waals surface area contributed by atoms with Crippen molar-refractivity contribution >= 4 is 112 Å². The van der Waals surface area contributed by atoms with Crippen LogP contribution in [0.4, 0.5) is 10.5 Å². The molecule has 6 aromatic carbocycles. The maximum Gasteiger partial charge on any atom is 0.509 e. The smallest absolute Gasteiger partial charge is 0.508 e. The Balaban J connectivity index is 0.782. The van der Waals surface area contributed by atoms with E-state index in [9.17, 15) is 108 Å². The Morgan fingerprint density at radius 3 is 1.57 bits per heavy atom.